The Bertz CT molecular complexity index is 315. The van der Waals surface area contributed by atoms with Gasteiger partial charge >= 0.3 is 6.03 Å². The van der Waals surface area contributed by atoms with Gasteiger partial charge in [-0.25, -0.2) is 13.2 Å². The fourth-order valence-electron chi connectivity index (χ4n) is 1.53. The van der Waals surface area contributed by atoms with Crippen LogP contribution in [0.5, 0.6) is 0 Å². The van der Waals surface area contributed by atoms with Gasteiger partial charge in [0.25, 0.3) is 0 Å². The summed E-state index contributed by atoms with van der Waals surface area (Å²) in [6.07, 6.45) is 1.29. The monoisotopic (exact) mass is 236 g/mol. The first-order chi connectivity index (χ1) is 7.06. The van der Waals surface area contributed by atoms with Crippen LogP contribution in [0, 0.1) is 0 Å². The van der Waals surface area contributed by atoms with Crippen molar-refractivity contribution in [3.05, 3.63) is 0 Å². The van der Waals surface area contributed by atoms with Gasteiger partial charge in [0.1, 0.15) is 0 Å². The third-order valence-electron chi connectivity index (χ3n) is 2.35. The molecule has 0 saturated carbocycles. The molecule has 1 heterocycles. The van der Waals surface area contributed by atoms with E-state index in [1.54, 1.807) is 0 Å². The number of carbonyl (C=O) groups is 1. The molecule has 1 aliphatic heterocycles. The molecule has 1 aliphatic rings. The van der Waals surface area contributed by atoms with Crippen LogP contribution in [0.2, 0.25) is 0 Å². The zero-order valence-corrected chi connectivity index (χ0v) is 9.22. The number of aliphatic hydroxyl groups excluding tert-OH is 1. The third kappa shape index (κ3) is 3.67. The molecule has 1 fully saturated rings. The van der Waals surface area contributed by atoms with Crippen LogP contribution >= 0.6 is 0 Å². The van der Waals surface area contributed by atoms with E-state index in [2.05, 4.69) is 10.6 Å². The fourth-order valence-corrected chi connectivity index (χ4v) is 3.29. The average molecular weight is 236 g/mol. The molecule has 2 amide bonds. The van der Waals surface area contributed by atoms with Gasteiger partial charge in [0.2, 0.25) is 0 Å². The van der Waals surface area contributed by atoms with Crippen LogP contribution in [-0.2, 0) is 9.84 Å². The summed E-state index contributed by atoms with van der Waals surface area (Å²) in [7, 11) is -3.00. The van der Waals surface area contributed by atoms with Crippen LogP contribution in [0.15, 0.2) is 0 Å². The highest BCUT2D eigenvalue weighted by Gasteiger charge is 2.31. The van der Waals surface area contributed by atoms with Crippen molar-refractivity contribution in [2.45, 2.75) is 18.1 Å². The Morgan fingerprint density at radius 1 is 1.40 bits per heavy atom. The summed E-state index contributed by atoms with van der Waals surface area (Å²) in [5.41, 5.74) is 0. The van der Waals surface area contributed by atoms with Gasteiger partial charge in [0.05, 0.1) is 17.6 Å². The molecule has 1 unspecified atom stereocenters. The lowest BCUT2D eigenvalue weighted by molar-refractivity contribution is 0.234. The number of amides is 2. The molecule has 0 aromatic carbocycles. The van der Waals surface area contributed by atoms with Gasteiger partial charge in [-0.05, 0) is 12.8 Å². The van der Waals surface area contributed by atoms with E-state index in [1.165, 1.54) is 0 Å². The van der Waals surface area contributed by atoms with Gasteiger partial charge < -0.3 is 15.7 Å². The maximum atomic E-state index is 11.4. The molecule has 7 heteroatoms. The van der Waals surface area contributed by atoms with E-state index < -0.39 is 21.1 Å². The number of nitrogens with one attached hydrogen (secondary N) is 2. The Kier molecular flexibility index (Phi) is 4.34. The zero-order chi connectivity index (χ0) is 11.3. The van der Waals surface area contributed by atoms with E-state index in [4.69, 9.17) is 5.11 Å². The third-order valence-corrected chi connectivity index (χ3v) is 4.63. The summed E-state index contributed by atoms with van der Waals surface area (Å²) in [5.74, 6) is 0.220. The van der Waals surface area contributed by atoms with Crippen molar-refractivity contribution < 1.29 is 18.3 Å². The van der Waals surface area contributed by atoms with Gasteiger partial charge in [-0.1, -0.05) is 0 Å². The van der Waals surface area contributed by atoms with Crippen molar-refractivity contribution in [2.75, 3.05) is 25.4 Å². The fraction of sp³-hybridized carbons (Fsp3) is 0.875. The Morgan fingerprint density at radius 2 is 2.13 bits per heavy atom. The van der Waals surface area contributed by atoms with E-state index in [-0.39, 0.29) is 25.4 Å². The topological polar surface area (TPSA) is 95.5 Å². The van der Waals surface area contributed by atoms with Gasteiger partial charge in [-0.2, -0.15) is 0 Å². The normalized spacial score (nSPS) is 23.7. The summed E-state index contributed by atoms with van der Waals surface area (Å²) in [5, 5.41) is 12.9. The van der Waals surface area contributed by atoms with Gasteiger partial charge in [-0.15, -0.1) is 0 Å². The summed E-state index contributed by atoms with van der Waals surface area (Å²) in [4.78, 5) is 11.0. The standard InChI is InChI=1S/C8H16N2O4S/c11-4-3-9-8(12)10-6-7-2-1-5-15(7,13)14/h7,11H,1-6H2,(H2,9,10,12). The predicted octanol–water partition coefficient (Wildman–Crippen LogP) is -1.14. The minimum absolute atomic E-state index is 0.130. The molecule has 15 heavy (non-hydrogen) atoms. The van der Waals surface area contributed by atoms with E-state index >= 15 is 0 Å². The molecule has 0 spiro atoms. The van der Waals surface area contributed by atoms with Gasteiger partial charge in [0, 0.05) is 13.1 Å². The minimum atomic E-state index is -3.00. The summed E-state index contributed by atoms with van der Waals surface area (Å²) in [6, 6.07) is -0.439. The highest BCUT2D eigenvalue weighted by atomic mass is 32.2. The molecule has 6 nitrogen and oxygen atoms in total. The van der Waals surface area contributed by atoms with Crippen molar-refractivity contribution in [3.8, 4) is 0 Å². The molecule has 1 rings (SSSR count). The molecule has 1 atom stereocenters. The lowest BCUT2D eigenvalue weighted by atomic mass is 10.2. The van der Waals surface area contributed by atoms with Crippen LogP contribution in [0.4, 0.5) is 4.79 Å². The number of sulfone groups is 1. The number of carbonyl (C=O) groups excluding carboxylic acids is 1. The number of hydrogen-bond acceptors (Lipinski definition) is 4. The lowest BCUT2D eigenvalue weighted by Gasteiger charge is -2.11. The lowest BCUT2D eigenvalue weighted by Crippen LogP contribution is -2.41. The van der Waals surface area contributed by atoms with Crippen LogP contribution in [0.3, 0.4) is 0 Å². The largest absolute Gasteiger partial charge is 0.395 e. The van der Waals surface area contributed by atoms with Crippen LogP contribution in [0.1, 0.15) is 12.8 Å². The summed E-state index contributed by atoms with van der Waals surface area (Å²) in [6.45, 7) is 0.192. The Labute approximate surface area is 89.0 Å². The first-order valence-electron chi connectivity index (χ1n) is 4.90. The van der Waals surface area contributed by atoms with Crippen molar-refractivity contribution in [2.24, 2.45) is 0 Å². The first-order valence-corrected chi connectivity index (χ1v) is 6.62. The van der Waals surface area contributed by atoms with E-state index in [0.717, 1.165) is 0 Å². The van der Waals surface area contributed by atoms with Crippen molar-refractivity contribution in [1.29, 1.82) is 0 Å². The molecule has 0 aromatic heterocycles. The van der Waals surface area contributed by atoms with Crippen molar-refractivity contribution in [3.63, 3.8) is 0 Å². The molecular formula is C8H16N2O4S. The number of rotatable bonds is 4. The molecule has 0 aromatic rings. The van der Waals surface area contributed by atoms with E-state index in [1.807, 2.05) is 0 Å². The highest BCUT2D eigenvalue weighted by Crippen LogP contribution is 2.18. The molecule has 0 radical (unpaired) electrons. The van der Waals surface area contributed by atoms with E-state index in [9.17, 15) is 13.2 Å². The second kappa shape index (κ2) is 5.32. The Morgan fingerprint density at radius 3 is 2.67 bits per heavy atom. The summed E-state index contributed by atoms with van der Waals surface area (Å²) >= 11 is 0. The minimum Gasteiger partial charge on any atom is -0.395 e. The van der Waals surface area contributed by atoms with Gasteiger partial charge in [-0.3, -0.25) is 0 Å². The predicted molar refractivity (Wildman–Crippen MR) is 55.3 cm³/mol. The zero-order valence-electron chi connectivity index (χ0n) is 8.40. The number of urea groups is 1. The average Bonchev–Trinajstić information content (AvgIpc) is 2.51. The maximum absolute atomic E-state index is 11.4. The molecule has 1 saturated heterocycles. The van der Waals surface area contributed by atoms with Crippen molar-refractivity contribution in [1.82, 2.24) is 10.6 Å². The smallest absolute Gasteiger partial charge is 0.314 e. The molecular weight excluding hydrogens is 220 g/mol. The van der Waals surface area contributed by atoms with Crippen LogP contribution in [-0.4, -0.2) is 50.3 Å². The highest BCUT2D eigenvalue weighted by molar-refractivity contribution is 7.92. The van der Waals surface area contributed by atoms with Crippen molar-refractivity contribution >= 4 is 15.9 Å². The summed E-state index contributed by atoms with van der Waals surface area (Å²) < 4.78 is 22.8. The number of aliphatic hydroxyl groups is 1. The Balaban J connectivity index is 2.28. The second-order valence-electron chi connectivity index (χ2n) is 3.49. The SMILES string of the molecule is O=C(NCCO)NCC1CCCS1(=O)=O. The van der Waals surface area contributed by atoms with E-state index in [0.29, 0.717) is 12.8 Å². The molecule has 88 valence electrons. The molecule has 3 N–H and O–H groups in total. The quantitative estimate of drug-likeness (QED) is 0.574. The first kappa shape index (κ1) is 12.3. The second-order valence-corrected chi connectivity index (χ2v) is 5.89. The molecule has 0 aliphatic carbocycles. The van der Waals surface area contributed by atoms with Crippen LogP contribution in [0.25, 0.3) is 0 Å². The molecule has 0 bridgehead atoms. The van der Waals surface area contributed by atoms with Crippen LogP contribution < -0.4 is 10.6 Å². The Hall–Kier alpha value is -0.820. The number of hydrogen-bond donors (Lipinski definition) is 3. The maximum Gasteiger partial charge on any atom is 0.314 e. The van der Waals surface area contributed by atoms with Gasteiger partial charge in [0.15, 0.2) is 9.84 Å².